The van der Waals surface area contributed by atoms with Crippen LogP contribution in [0.5, 0.6) is 0 Å². The fraction of sp³-hybridized carbons (Fsp3) is 0.386. The van der Waals surface area contributed by atoms with Gasteiger partial charge in [0, 0.05) is 53.7 Å². The molecule has 4 heterocycles. The largest absolute Gasteiger partial charge is 0.453 e. The van der Waals surface area contributed by atoms with Gasteiger partial charge in [0.15, 0.2) is 5.78 Å². The molecule has 2 bridgehead atoms. The van der Waals surface area contributed by atoms with Gasteiger partial charge in [-0.05, 0) is 84.7 Å². The molecule has 2 aromatic carbocycles. The quantitative estimate of drug-likeness (QED) is 0.121. The second-order valence-corrected chi connectivity index (χ2v) is 16.2. The molecule has 0 radical (unpaired) electrons. The summed E-state index contributed by atoms with van der Waals surface area (Å²) in [7, 11) is 1.28. The molecule has 5 aromatic rings. The molecule has 3 unspecified atom stereocenters. The molecular formula is C44H46N8O5. The Balaban J connectivity index is 0.911. The number of ether oxygens (including phenoxy) is 1. The Labute approximate surface area is 330 Å². The van der Waals surface area contributed by atoms with Crippen molar-refractivity contribution in [2.24, 2.45) is 23.7 Å². The van der Waals surface area contributed by atoms with E-state index in [1.165, 1.54) is 7.11 Å². The van der Waals surface area contributed by atoms with Crippen molar-refractivity contribution >= 4 is 23.7 Å². The number of hydrogen-bond acceptors (Lipinski definition) is 8. The SMILES string of the molecule is COC(=O)NC(C(=O)N1CCC[C@H]1c1ncc(-c2ccc3c(c2)C(=O)c2cc(-c4cnc([C@@H]5C6CCC(C6)[C@H]5C(=O)NCc5cccnc5)[nH]4)ccc2-3)[nH]1)C(C)C. The van der Waals surface area contributed by atoms with E-state index < -0.39 is 12.1 Å². The van der Waals surface area contributed by atoms with Crippen molar-refractivity contribution in [1.29, 1.82) is 0 Å². The molecular weight excluding hydrogens is 721 g/mol. The van der Waals surface area contributed by atoms with Gasteiger partial charge in [-0.25, -0.2) is 14.8 Å². The number of aromatic nitrogens is 5. The summed E-state index contributed by atoms with van der Waals surface area (Å²) in [4.78, 5) is 75.7. The summed E-state index contributed by atoms with van der Waals surface area (Å²) in [6.45, 7) is 4.79. The zero-order valence-electron chi connectivity index (χ0n) is 32.2. The standard InChI is InChI=1S/C44H46N8O5/c1-23(2)38(51-44(56)57-3)43(55)52-15-5-7-35(52)40-46-21-33(49-40)25-10-12-29-30-13-11-26(18-32(30)39(53)31(29)17-25)34-22-47-41(50-34)36-27-8-9-28(16-27)37(36)42(54)48-20-24-6-4-14-45-19-24/h4,6,10-14,17-19,21-23,27-28,35-38H,5,7-9,15-16,20H2,1-3H3,(H,46,49)(H,47,50)(H,48,54)(H,51,56)/t27?,28?,35-,36+,37+,38?/m0/s1. The molecule has 4 aliphatic rings. The van der Waals surface area contributed by atoms with Gasteiger partial charge in [0.2, 0.25) is 11.8 Å². The number of hydrogen-bond donors (Lipinski definition) is 4. The van der Waals surface area contributed by atoms with Gasteiger partial charge in [0.25, 0.3) is 0 Å². The molecule has 0 spiro atoms. The number of carbonyl (C=O) groups is 4. The second-order valence-electron chi connectivity index (χ2n) is 16.2. The summed E-state index contributed by atoms with van der Waals surface area (Å²) in [6, 6.07) is 14.7. The molecule has 2 saturated carbocycles. The van der Waals surface area contributed by atoms with E-state index in [-0.39, 0.29) is 41.4 Å². The molecule has 1 saturated heterocycles. The Morgan fingerprint density at radius 1 is 0.877 bits per heavy atom. The molecule has 57 heavy (non-hydrogen) atoms. The zero-order chi connectivity index (χ0) is 39.4. The predicted octanol–water partition coefficient (Wildman–Crippen LogP) is 6.56. The Morgan fingerprint density at radius 3 is 2.23 bits per heavy atom. The number of H-pyrrole nitrogens is 2. The van der Waals surface area contributed by atoms with Crippen LogP contribution < -0.4 is 10.6 Å². The Morgan fingerprint density at radius 2 is 1.56 bits per heavy atom. The predicted molar refractivity (Wildman–Crippen MR) is 211 cm³/mol. The van der Waals surface area contributed by atoms with Crippen molar-refractivity contribution in [2.75, 3.05) is 13.7 Å². The Bertz CT molecular complexity index is 2370. The molecule has 292 valence electrons. The molecule has 13 heteroatoms. The van der Waals surface area contributed by atoms with E-state index >= 15 is 0 Å². The van der Waals surface area contributed by atoms with Crippen LogP contribution in [0.2, 0.25) is 0 Å². The number of imidazole rings is 2. The normalized spacial score (nSPS) is 22.4. The number of benzene rings is 2. The van der Waals surface area contributed by atoms with Gasteiger partial charge < -0.3 is 30.2 Å². The van der Waals surface area contributed by atoms with E-state index in [9.17, 15) is 19.2 Å². The maximum absolute atomic E-state index is 14.0. The molecule has 9 rings (SSSR count). The lowest BCUT2D eigenvalue weighted by Gasteiger charge is -2.30. The van der Waals surface area contributed by atoms with Gasteiger partial charge in [-0.2, -0.15) is 0 Å². The number of alkyl carbamates (subject to hydrolysis) is 1. The highest BCUT2D eigenvalue weighted by molar-refractivity contribution is 6.22. The number of pyridine rings is 1. The highest BCUT2D eigenvalue weighted by atomic mass is 16.5. The van der Waals surface area contributed by atoms with Crippen molar-refractivity contribution < 1.29 is 23.9 Å². The van der Waals surface area contributed by atoms with Gasteiger partial charge >= 0.3 is 6.09 Å². The molecule has 3 fully saturated rings. The van der Waals surface area contributed by atoms with Crippen LogP contribution in [0.3, 0.4) is 0 Å². The van der Waals surface area contributed by atoms with E-state index in [1.54, 1.807) is 23.5 Å². The van der Waals surface area contributed by atoms with Gasteiger partial charge in [0.05, 0.1) is 42.9 Å². The van der Waals surface area contributed by atoms with E-state index in [1.807, 2.05) is 68.6 Å². The summed E-state index contributed by atoms with van der Waals surface area (Å²) < 4.78 is 4.77. The summed E-state index contributed by atoms with van der Waals surface area (Å²) in [5.41, 5.74) is 7.24. The lowest BCUT2D eigenvalue weighted by molar-refractivity contribution is -0.135. The van der Waals surface area contributed by atoms with Crippen molar-refractivity contribution in [3.63, 3.8) is 0 Å². The van der Waals surface area contributed by atoms with Gasteiger partial charge in [-0.1, -0.05) is 44.2 Å². The van der Waals surface area contributed by atoms with E-state index in [0.29, 0.717) is 41.9 Å². The number of ketones is 1. The van der Waals surface area contributed by atoms with E-state index in [0.717, 1.165) is 77.1 Å². The number of amides is 3. The van der Waals surface area contributed by atoms with Gasteiger partial charge in [0.1, 0.15) is 17.7 Å². The maximum atomic E-state index is 14.0. The van der Waals surface area contributed by atoms with Crippen LogP contribution in [-0.2, 0) is 20.9 Å². The van der Waals surface area contributed by atoms with Crippen molar-refractivity contribution in [1.82, 2.24) is 40.5 Å². The fourth-order valence-corrected chi connectivity index (χ4v) is 9.78. The first-order valence-electron chi connectivity index (χ1n) is 19.9. The van der Waals surface area contributed by atoms with Crippen molar-refractivity contribution in [2.45, 2.75) is 70.5 Å². The lowest BCUT2D eigenvalue weighted by atomic mass is 9.78. The van der Waals surface area contributed by atoms with E-state index in [4.69, 9.17) is 9.72 Å². The summed E-state index contributed by atoms with van der Waals surface area (Å²) >= 11 is 0. The molecule has 13 nitrogen and oxygen atoms in total. The number of methoxy groups -OCH3 is 1. The van der Waals surface area contributed by atoms with Crippen LogP contribution in [0.1, 0.15) is 91.0 Å². The third-order valence-electron chi connectivity index (χ3n) is 12.6. The van der Waals surface area contributed by atoms with Crippen LogP contribution in [0.15, 0.2) is 73.3 Å². The second kappa shape index (κ2) is 14.8. The number of likely N-dealkylation sites (tertiary alicyclic amines) is 1. The Kier molecular flexibility index (Phi) is 9.46. The monoisotopic (exact) mass is 766 g/mol. The first kappa shape index (κ1) is 36.5. The van der Waals surface area contributed by atoms with Crippen LogP contribution in [0, 0.1) is 23.7 Å². The van der Waals surface area contributed by atoms with Crippen molar-refractivity contribution in [3.05, 3.63) is 102 Å². The van der Waals surface area contributed by atoms with Crippen molar-refractivity contribution in [3.8, 4) is 33.6 Å². The average molecular weight is 767 g/mol. The number of fused-ring (bicyclic) bond motifs is 5. The fourth-order valence-electron chi connectivity index (χ4n) is 9.78. The first-order chi connectivity index (χ1) is 27.7. The first-order valence-corrected chi connectivity index (χ1v) is 19.9. The molecule has 3 aliphatic carbocycles. The highest BCUT2D eigenvalue weighted by Crippen LogP contribution is 2.56. The molecule has 3 amide bonds. The average Bonchev–Trinajstić information content (AvgIpc) is 4.10. The van der Waals surface area contributed by atoms with Crippen LogP contribution in [-0.4, -0.2) is 73.2 Å². The van der Waals surface area contributed by atoms with Crippen LogP contribution in [0.4, 0.5) is 4.79 Å². The summed E-state index contributed by atoms with van der Waals surface area (Å²) in [5, 5.41) is 5.85. The minimum absolute atomic E-state index is 0.0193. The third-order valence-corrected chi connectivity index (χ3v) is 12.6. The summed E-state index contributed by atoms with van der Waals surface area (Å²) in [5.74, 6) is 1.86. The smallest absolute Gasteiger partial charge is 0.407 e. The minimum Gasteiger partial charge on any atom is -0.453 e. The number of carbonyl (C=O) groups excluding carboxylic acids is 4. The number of aromatic amines is 2. The molecule has 1 aliphatic heterocycles. The Hall–Kier alpha value is -6.11. The summed E-state index contributed by atoms with van der Waals surface area (Å²) in [6.07, 6.45) is 11.2. The molecule has 3 aromatic heterocycles. The van der Waals surface area contributed by atoms with Crippen LogP contribution >= 0.6 is 0 Å². The topological polar surface area (TPSA) is 175 Å². The van der Waals surface area contributed by atoms with Gasteiger partial charge in [-0.15, -0.1) is 0 Å². The molecule has 4 N–H and O–H groups in total. The lowest BCUT2D eigenvalue weighted by Crippen LogP contribution is -2.51. The number of nitrogens with zero attached hydrogens (tertiary/aromatic N) is 4. The van der Waals surface area contributed by atoms with Crippen LogP contribution in [0.25, 0.3) is 33.6 Å². The van der Waals surface area contributed by atoms with Gasteiger partial charge in [-0.3, -0.25) is 19.4 Å². The zero-order valence-corrected chi connectivity index (χ0v) is 32.2. The highest BCUT2D eigenvalue weighted by Gasteiger charge is 2.52. The maximum Gasteiger partial charge on any atom is 0.407 e. The minimum atomic E-state index is -0.718. The number of nitrogens with one attached hydrogen (secondary N) is 4. The van der Waals surface area contributed by atoms with E-state index in [2.05, 4.69) is 30.6 Å². The third kappa shape index (κ3) is 6.58. The number of rotatable bonds is 10. The molecule has 6 atom stereocenters.